The van der Waals surface area contributed by atoms with E-state index in [-0.39, 0.29) is 0 Å². The predicted molar refractivity (Wildman–Crippen MR) is 103 cm³/mol. The summed E-state index contributed by atoms with van der Waals surface area (Å²) in [6.07, 6.45) is 0. The van der Waals surface area contributed by atoms with Gasteiger partial charge in [-0.3, -0.25) is 9.59 Å². The highest BCUT2D eigenvalue weighted by molar-refractivity contribution is 5.97. The van der Waals surface area contributed by atoms with Gasteiger partial charge >= 0.3 is 5.97 Å². The lowest BCUT2D eigenvalue weighted by Gasteiger charge is -2.14. The minimum atomic E-state index is -0.905. The average Bonchev–Trinajstić information content (AvgIpc) is 2.72. The molecule has 0 aliphatic carbocycles. The predicted octanol–water partition coefficient (Wildman–Crippen LogP) is 2.00. The molecule has 2 N–H and O–H groups in total. The quantitative estimate of drug-likeness (QED) is 0.673. The SMILES string of the molecule is COc1cc(NC(=O)COC(=O)C(C)NC(=O)c2ccccc2)cc(OC)c1. The molecule has 0 saturated heterocycles. The van der Waals surface area contributed by atoms with Crippen LogP contribution < -0.4 is 20.1 Å². The van der Waals surface area contributed by atoms with Gasteiger partial charge in [0.05, 0.1) is 14.2 Å². The number of benzene rings is 2. The molecule has 1 atom stereocenters. The number of rotatable bonds is 8. The smallest absolute Gasteiger partial charge is 0.328 e. The van der Waals surface area contributed by atoms with Crippen molar-refractivity contribution in [2.24, 2.45) is 0 Å². The Morgan fingerprint density at radius 2 is 1.57 bits per heavy atom. The molecule has 0 radical (unpaired) electrons. The van der Waals surface area contributed by atoms with Crippen molar-refractivity contribution in [2.75, 3.05) is 26.1 Å². The highest BCUT2D eigenvalue weighted by atomic mass is 16.5. The molecule has 2 aromatic rings. The van der Waals surface area contributed by atoms with Gasteiger partial charge in [0.25, 0.3) is 11.8 Å². The van der Waals surface area contributed by atoms with Crippen LogP contribution in [0.2, 0.25) is 0 Å². The third-order valence-electron chi connectivity index (χ3n) is 3.72. The van der Waals surface area contributed by atoms with Crippen LogP contribution in [0.15, 0.2) is 48.5 Å². The van der Waals surface area contributed by atoms with Crippen LogP contribution in [0.3, 0.4) is 0 Å². The first-order valence-electron chi connectivity index (χ1n) is 8.48. The van der Waals surface area contributed by atoms with E-state index in [0.29, 0.717) is 22.7 Å². The van der Waals surface area contributed by atoms with E-state index in [1.165, 1.54) is 21.1 Å². The van der Waals surface area contributed by atoms with E-state index in [1.807, 2.05) is 0 Å². The molecule has 0 aliphatic rings. The number of esters is 1. The Morgan fingerprint density at radius 1 is 0.964 bits per heavy atom. The van der Waals surface area contributed by atoms with Crippen molar-refractivity contribution in [3.8, 4) is 11.5 Å². The molecule has 0 heterocycles. The zero-order valence-electron chi connectivity index (χ0n) is 15.9. The number of methoxy groups -OCH3 is 2. The summed E-state index contributed by atoms with van der Waals surface area (Å²) in [5.74, 6) is -0.654. The first-order chi connectivity index (χ1) is 13.4. The summed E-state index contributed by atoms with van der Waals surface area (Å²) < 4.78 is 15.2. The van der Waals surface area contributed by atoms with Crippen LogP contribution in [-0.2, 0) is 14.3 Å². The van der Waals surface area contributed by atoms with Gasteiger partial charge < -0.3 is 24.8 Å². The number of nitrogens with one attached hydrogen (secondary N) is 2. The molecule has 0 spiro atoms. The molecule has 2 amide bonds. The van der Waals surface area contributed by atoms with Gasteiger partial charge in [0, 0.05) is 29.4 Å². The molecule has 2 rings (SSSR count). The molecule has 28 heavy (non-hydrogen) atoms. The van der Waals surface area contributed by atoms with Gasteiger partial charge in [-0.15, -0.1) is 0 Å². The molecule has 8 heteroatoms. The molecule has 2 aromatic carbocycles. The van der Waals surface area contributed by atoms with Gasteiger partial charge in [-0.1, -0.05) is 18.2 Å². The second-order valence-electron chi connectivity index (χ2n) is 5.82. The van der Waals surface area contributed by atoms with Crippen LogP contribution in [0.5, 0.6) is 11.5 Å². The van der Waals surface area contributed by atoms with Crippen molar-refractivity contribution in [1.82, 2.24) is 5.32 Å². The summed E-state index contributed by atoms with van der Waals surface area (Å²) in [5.41, 5.74) is 0.856. The molecule has 8 nitrogen and oxygen atoms in total. The number of anilines is 1. The summed E-state index contributed by atoms with van der Waals surface area (Å²) >= 11 is 0. The molecule has 0 bridgehead atoms. The third-order valence-corrected chi connectivity index (χ3v) is 3.72. The maximum atomic E-state index is 12.0. The van der Waals surface area contributed by atoms with Crippen LogP contribution in [0, 0.1) is 0 Å². The fraction of sp³-hybridized carbons (Fsp3) is 0.250. The van der Waals surface area contributed by atoms with Gasteiger partial charge in [0.2, 0.25) is 0 Å². The Hall–Kier alpha value is -3.55. The highest BCUT2D eigenvalue weighted by Crippen LogP contribution is 2.25. The van der Waals surface area contributed by atoms with Crippen LogP contribution >= 0.6 is 0 Å². The summed E-state index contributed by atoms with van der Waals surface area (Å²) in [7, 11) is 2.99. The molecule has 0 aliphatic heterocycles. The number of hydrogen-bond acceptors (Lipinski definition) is 6. The van der Waals surface area contributed by atoms with Crippen molar-refractivity contribution in [3.63, 3.8) is 0 Å². The number of hydrogen-bond donors (Lipinski definition) is 2. The van der Waals surface area contributed by atoms with E-state index >= 15 is 0 Å². The average molecular weight is 386 g/mol. The van der Waals surface area contributed by atoms with Crippen molar-refractivity contribution in [3.05, 3.63) is 54.1 Å². The van der Waals surface area contributed by atoms with E-state index in [0.717, 1.165) is 0 Å². The Morgan fingerprint density at radius 3 is 2.14 bits per heavy atom. The largest absolute Gasteiger partial charge is 0.497 e. The Kier molecular flexibility index (Phi) is 7.38. The lowest BCUT2D eigenvalue weighted by atomic mass is 10.2. The maximum Gasteiger partial charge on any atom is 0.328 e. The molecule has 0 saturated carbocycles. The van der Waals surface area contributed by atoms with Crippen molar-refractivity contribution >= 4 is 23.5 Å². The monoisotopic (exact) mass is 386 g/mol. The first kappa shape index (κ1) is 20.8. The van der Waals surface area contributed by atoms with Crippen molar-refractivity contribution in [2.45, 2.75) is 13.0 Å². The highest BCUT2D eigenvalue weighted by Gasteiger charge is 2.19. The topological polar surface area (TPSA) is 103 Å². The molecule has 1 unspecified atom stereocenters. The molecular weight excluding hydrogens is 364 g/mol. The summed E-state index contributed by atoms with van der Waals surface area (Å²) in [6.45, 7) is 0.984. The van der Waals surface area contributed by atoms with E-state index < -0.39 is 30.4 Å². The minimum absolute atomic E-state index is 0.405. The van der Waals surface area contributed by atoms with E-state index in [9.17, 15) is 14.4 Å². The molecule has 148 valence electrons. The molecule has 0 fully saturated rings. The zero-order chi connectivity index (χ0) is 20.5. The standard InChI is InChI=1S/C20H22N2O6/c1-13(21-19(24)14-7-5-4-6-8-14)20(25)28-12-18(23)22-15-9-16(26-2)11-17(10-15)27-3/h4-11,13H,12H2,1-3H3,(H,21,24)(H,22,23). The Bertz CT molecular complexity index is 816. The fourth-order valence-corrected chi connectivity index (χ4v) is 2.27. The van der Waals surface area contributed by atoms with E-state index in [1.54, 1.807) is 48.5 Å². The summed E-state index contributed by atoms with van der Waals surface area (Å²) in [4.78, 5) is 36.1. The van der Waals surface area contributed by atoms with Crippen LogP contribution in [-0.4, -0.2) is 44.7 Å². The summed E-state index contributed by atoms with van der Waals surface area (Å²) in [5, 5.41) is 5.11. The minimum Gasteiger partial charge on any atom is -0.497 e. The van der Waals surface area contributed by atoms with E-state index in [2.05, 4.69) is 10.6 Å². The lowest BCUT2D eigenvalue weighted by Crippen LogP contribution is -2.40. The van der Waals surface area contributed by atoms with Crippen LogP contribution in [0.1, 0.15) is 17.3 Å². The second-order valence-corrected chi connectivity index (χ2v) is 5.82. The fourth-order valence-electron chi connectivity index (χ4n) is 2.27. The van der Waals surface area contributed by atoms with Gasteiger partial charge in [0.15, 0.2) is 6.61 Å². The first-order valence-corrected chi connectivity index (χ1v) is 8.48. The number of ether oxygens (including phenoxy) is 3. The molecule has 0 aromatic heterocycles. The summed E-state index contributed by atoms with van der Waals surface area (Å²) in [6, 6.07) is 12.4. The maximum absolute atomic E-state index is 12.0. The van der Waals surface area contributed by atoms with Crippen LogP contribution in [0.25, 0.3) is 0 Å². The Labute approximate surface area is 162 Å². The van der Waals surface area contributed by atoms with Gasteiger partial charge in [-0.2, -0.15) is 0 Å². The van der Waals surface area contributed by atoms with Crippen molar-refractivity contribution < 1.29 is 28.6 Å². The number of carbonyl (C=O) groups excluding carboxylic acids is 3. The Balaban J connectivity index is 1.85. The zero-order valence-corrected chi connectivity index (χ0v) is 15.9. The third kappa shape index (κ3) is 6.01. The number of amides is 2. The second kappa shape index (κ2) is 9.96. The normalized spacial score (nSPS) is 11.1. The van der Waals surface area contributed by atoms with Crippen molar-refractivity contribution in [1.29, 1.82) is 0 Å². The van der Waals surface area contributed by atoms with E-state index in [4.69, 9.17) is 14.2 Å². The molecular formula is C20H22N2O6. The van der Waals surface area contributed by atoms with Crippen LogP contribution in [0.4, 0.5) is 5.69 Å². The van der Waals surface area contributed by atoms with Gasteiger partial charge in [-0.25, -0.2) is 4.79 Å². The van der Waals surface area contributed by atoms with Gasteiger partial charge in [0.1, 0.15) is 17.5 Å². The number of carbonyl (C=O) groups is 3. The van der Waals surface area contributed by atoms with Gasteiger partial charge in [-0.05, 0) is 19.1 Å². The lowest BCUT2D eigenvalue weighted by molar-refractivity contribution is -0.148.